The molecule has 2 unspecified atom stereocenters. The first-order valence-electron chi connectivity index (χ1n) is 5.37. The molecule has 1 rings (SSSR count). The van der Waals surface area contributed by atoms with Gasteiger partial charge in [-0.25, -0.2) is 0 Å². The Morgan fingerprint density at radius 1 is 1.00 bits per heavy atom. The average Bonchev–Trinajstić information content (AvgIpc) is 1.82. The minimum atomic E-state index is 0. The first-order valence-corrected chi connectivity index (χ1v) is 5.37. The summed E-state index contributed by atoms with van der Waals surface area (Å²) in [6.07, 6.45) is 5.62. The molecule has 15 heavy (non-hydrogen) atoms. The van der Waals surface area contributed by atoms with E-state index in [1.807, 2.05) is 0 Å². The van der Waals surface area contributed by atoms with Crippen molar-refractivity contribution in [3.63, 3.8) is 0 Å². The number of hydrogen-bond acceptors (Lipinski definition) is 0. The van der Waals surface area contributed by atoms with Crippen LogP contribution in [0.2, 0.25) is 0 Å². The molecule has 0 heteroatoms. The molecule has 0 aromatic rings. The van der Waals surface area contributed by atoms with Gasteiger partial charge in [-0.15, -0.1) is 0 Å². The molecule has 0 radical (unpaired) electrons. The van der Waals surface area contributed by atoms with Crippen molar-refractivity contribution in [2.45, 2.75) is 82.6 Å². The van der Waals surface area contributed by atoms with Gasteiger partial charge in [0.05, 0.1) is 0 Å². The minimum Gasteiger partial charge on any atom is -0.0776 e. The maximum Gasteiger partial charge on any atom is -0.0321 e. The summed E-state index contributed by atoms with van der Waals surface area (Å²) >= 11 is 0. The lowest BCUT2D eigenvalue weighted by atomic mass is 9.60. The highest BCUT2D eigenvalue weighted by Gasteiger charge is 2.38. The Labute approximate surface area is 99.9 Å². The van der Waals surface area contributed by atoms with Crippen LogP contribution in [0.3, 0.4) is 0 Å². The molecular weight excluding hydrogens is 180 g/mol. The van der Waals surface area contributed by atoms with Crippen molar-refractivity contribution in [3.05, 3.63) is 0 Å². The van der Waals surface area contributed by atoms with Crippen molar-refractivity contribution >= 4 is 0 Å². The van der Waals surface area contributed by atoms with Crippen LogP contribution in [0.25, 0.3) is 0 Å². The Kier molecular flexibility index (Phi) is 8.92. The molecular formula is C15H36. The van der Waals surface area contributed by atoms with Crippen LogP contribution in [-0.2, 0) is 0 Å². The van der Waals surface area contributed by atoms with Gasteiger partial charge in [0, 0.05) is 0 Å². The Morgan fingerprint density at radius 3 is 1.80 bits per heavy atom. The summed E-state index contributed by atoms with van der Waals surface area (Å²) in [7, 11) is 0. The highest BCUT2D eigenvalue weighted by Crippen LogP contribution is 2.49. The minimum absolute atomic E-state index is 0. The second kappa shape index (κ2) is 6.55. The summed E-state index contributed by atoms with van der Waals surface area (Å²) in [5.74, 6) is 0.929. The molecule has 1 aliphatic carbocycles. The average molecular weight is 216 g/mol. The van der Waals surface area contributed by atoms with Crippen LogP contribution in [0.1, 0.15) is 82.6 Å². The third kappa shape index (κ3) is 5.58. The van der Waals surface area contributed by atoms with E-state index in [9.17, 15) is 0 Å². The smallest absolute Gasteiger partial charge is 0.0321 e. The van der Waals surface area contributed by atoms with Crippen molar-refractivity contribution in [2.75, 3.05) is 0 Å². The van der Waals surface area contributed by atoms with Gasteiger partial charge in [-0.1, -0.05) is 63.3 Å². The lowest BCUT2D eigenvalue weighted by Gasteiger charge is -2.45. The molecule has 96 valence electrons. The van der Waals surface area contributed by atoms with Gasteiger partial charge in [0.2, 0.25) is 0 Å². The maximum absolute atomic E-state index is 2.46. The SMILES string of the molecule is C.C.C.CCC1(C)CC(C)CC(C)(C)C1. The highest BCUT2D eigenvalue weighted by atomic mass is 14.4. The zero-order valence-electron chi connectivity index (χ0n) is 9.41. The molecule has 0 aromatic heterocycles. The maximum atomic E-state index is 2.46. The summed E-state index contributed by atoms with van der Waals surface area (Å²) in [5.41, 5.74) is 1.21. The Hall–Kier alpha value is 0. The van der Waals surface area contributed by atoms with Gasteiger partial charge < -0.3 is 0 Å². The number of rotatable bonds is 1. The fourth-order valence-corrected chi connectivity index (χ4v) is 3.43. The van der Waals surface area contributed by atoms with E-state index in [1.54, 1.807) is 0 Å². The van der Waals surface area contributed by atoms with Crippen LogP contribution in [0.5, 0.6) is 0 Å². The first-order chi connectivity index (χ1) is 5.37. The van der Waals surface area contributed by atoms with Crippen LogP contribution in [-0.4, -0.2) is 0 Å². The van der Waals surface area contributed by atoms with Gasteiger partial charge in [0.1, 0.15) is 0 Å². The van der Waals surface area contributed by atoms with E-state index in [1.165, 1.54) is 25.7 Å². The molecule has 2 atom stereocenters. The fraction of sp³-hybridized carbons (Fsp3) is 1.00. The third-order valence-electron chi connectivity index (χ3n) is 3.50. The van der Waals surface area contributed by atoms with Crippen molar-refractivity contribution in [1.29, 1.82) is 0 Å². The second-order valence-electron chi connectivity index (χ2n) is 6.02. The summed E-state index contributed by atoms with van der Waals surface area (Å²) in [6, 6.07) is 0. The van der Waals surface area contributed by atoms with Crippen LogP contribution in [0.4, 0.5) is 0 Å². The molecule has 0 N–H and O–H groups in total. The first kappa shape index (κ1) is 20.4. The predicted octanol–water partition coefficient (Wildman–Crippen LogP) is 6.16. The molecule has 1 fully saturated rings. The molecule has 0 bridgehead atoms. The molecule has 0 aliphatic heterocycles. The normalized spacial score (nSPS) is 33.0. The van der Waals surface area contributed by atoms with E-state index in [0.717, 1.165) is 5.92 Å². The number of hydrogen-bond donors (Lipinski definition) is 0. The lowest BCUT2D eigenvalue weighted by Crippen LogP contribution is -2.34. The van der Waals surface area contributed by atoms with E-state index in [-0.39, 0.29) is 22.3 Å². The molecule has 0 heterocycles. The van der Waals surface area contributed by atoms with Crippen molar-refractivity contribution in [2.24, 2.45) is 16.7 Å². The summed E-state index contributed by atoms with van der Waals surface area (Å²) < 4.78 is 0. The zero-order valence-corrected chi connectivity index (χ0v) is 9.41. The van der Waals surface area contributed by atoms with Gasteiger partial charge >= 0.3 is 0 Å². The molecule has 0 aromatic carbocycles. The predicted molar refractivity (Wildman–Crippen MR) is 75.4 cm³/mol. The second-order valence-corrected chi connectivity index (χ2v) is 6.02. The van der Waals surface area contributed by atoms with Gasteiger partial charge in [-0.3, -0.25) is 0 Å². The molecule has 0 saturated heterocycles. The Balaban J connectivity index is -0.000000480. The van der Waals surface area contributed by atoms with E-state index >= 15 is 0 Å². The molecule has 1 aliphatic rings. The van der Waals surface area contributed by atoms with E-state index in [0.29, 0.717) is 10.8 Å². The van der Waals surface area contributed by atoms with Gasteiger partial charge in [0.15, 0.2) is 0 Å². The third-order valence-corrected chi connectivity index (χ3v) is 3.50. The standard InChI is InChI=1S/C12H24.3CH4/c1-6-12(5)8-10(2)7-11(3,4)9-12;;;/h10H,6-9H2,1-5H3;3*1H4. The van der Waals surface area contributed by atoms with Crippen LogP contribution >= 0.6 is 0 Å². The van der Waals surface area contributed by atoms with Crippen molar-refractivity contribution in [3.8, 4) is 0 Å². The monoisotopic (exact) mass is 216 g/mol. The van der Waals surface area contributed by atoms with Crippen molar-refractivity contribution in [1.82, 2.24) is 0 Å². The molecule has 1 saturated carbocycles. The van der Waals surface area contributed by atoms with Crippen LogP contribution < -0.4 is 0 Å². The Bertz CT molecular complexity index is 157. The topological polar surface area (TPSA) is 0 Å². The fourth-order valence-electron chi connectivity index (χ4n) is 3.43. The van der Waals surface area contributed by atoms with Gasteiger partial charge in [0.25, 0.3) is 0 Å². The van der Waals surface area contributed by atoms with E-state index in [2.05, 4.69) is 34.6 Å². The van der Waals surface area contributed by atoms with Gasteiger partial charge in [-0.05, 0) is 36.0 Å². The summed E-state index contributed by atoms with van der Waals surface area (Å²) in [6.45, 7) is 12.1. The van der Waals surface area contributed by atoms with E-state index < -0.39 is 0 Å². The van der Waals surface area contributed by atoms with Crippen molar-refractivity contribution < 1.29 is 0 Å². The summed E-state index contributed by atoms with van der Waals surface area (Å²) in [5, 5.41) is 0. The molecule has 0 nitrogen and oxygen atoms in total. The molecule has 0 amide bonds. The van der Waals surface area contributed by atoms with Crippen LogP contribution in [0.15, 0.2) is 0 Å². The zero-order chi connectivity index (χ0) is 9.41. The molecule has 0 spiro atoms. The van der Waals surface area contributed by atoms with E-state index in [4.69, 9.17) is 0 Å². The van der Waals surface area contributed by atoms with Crippen LogP contribution in [0, 0.1) is 16.7 Å². The highest BCUT2D eigenvalue weighted by molar-refractivity contribution is 4.89. The van der Waals surface area contributed by atoms with Gasteiger partial charge in [-0.2, -0.15) is 0 Å². The quantitative estimate of drug-likeness (QED) is 0.492. The summed E-state index contributed by atoms with van der Waals surface area (Å²) in [4.78, 5) is 0. The lowest BCUT2D eigenvalue weighted by molar-refractivity contribution is 0.0582. The largest absolute Gasteiger partial charge is 0.0776 e. The Morgan fingerprint density at radius 2 is 1.47 bits per heavy atom.